The van der Waals surface area contributed by atoms with E-state index in [4.69, 9.17) is 0 Å². The molecule has 0 saturated heterocycles. The molecule has 0 spiro atoms. The van der Waals surface area contributed by atoms with Crippen LogP contribution in [-0.2, 0) is 6.42 Å². The Balaban J connectivity index is 2.48. The molecule has 1 aromatic carbocycles. The molecule has 0 fully saturated rings. The minimum atomic E-state index is -0.178. The molecule has 1 rings (SSSR count). The van der Waals surface area contributed by atoms with Crippen molar-refractivity contribution in [3.63, 3.8) is 0 Å². The summed E-state index contributed by atoms with van der Waals surface area (Å²) in [5.41, 5.74) is 1.31. The van der Waals surface area contributed by atoms with E-state index in [9.17, 15) is 5.11 Å². The molecule has 0 heterocycles. The van der Waals surface area contributed by atoms with Gasteiger partial charge in [0.1, 0.15) is 0 Å². The minimum absolute atomic E-state index is 0.158. The number of hydrogen-bond acceptors (Lipinski definition) is 1. The fourth-order valence-corrected chi connectivity index (χ4v) is 1.86. The van der Waals surface area contributed by atoms with Crippen molar-refractivity contribution >= 4 is 31.9 Å². The second kappa shape index (κ2) is 5.89. The van der Waals surface area contributed by atoms with Gasteiger partial charge in [0, 0.05) is 5.33 Å². The third-order valence-electron chi connectivity index (χ3n) is 2.23. The Morgan fingerprint density at radius 2 is 1.86 bits per heavy atom. The van der Waals surface area contributed by atoms with Crippen LogP contribution in [0.1, 0.15) is 12.0 Å². The molecule has 0 unspecified atom stereocenters. The van der Waals surface area contributed by atoms with Gasteiger partial charge in [-0.3, -0.25) is 0 Å². The largest absolute Gasteiger partial charge is 0.395 e. The van der Waals surface area contributed by atoms with Gasteiger partial charge >= 0.3 is 0 Å². The number of alkyl halides is 2. The van der Waals surface area contributed by atoms with Gasteiger partial charge in [-0.1, -0.05) is 62.2 Å². The predicted molar refractivity (Wildman–Crippen MR) is 67.3 cm³/mol. The zero-order valence-electron chi connectivity index (χ0n) is 7.92. The van der Waals surface area contributed by atoms with E-state index in [1.807, 2.05) is 18.2 Å². The first kappa shape index (κ1) is 12.2. The summed E-state index contributed by atoms with van der Waals surface area (Å²) in [5, 5.41) is 9.95. The maximum atomic E-state index is 9.19. The van der Waals surface area contributed by atoms with Crippen LogP contribution >= 0.6 is 31.9 Å². The van der Waals surface area contributed by atoms with Crippen molar-refractivity contribution in [2.24, 2.45) is 0 Å². The molecule has 78 valence electrons. The molecule has 0 aromatic heterocycles. The average Bonchev–Trinajstić information content (AvgIpc) is 2.27. The summed E-state index contributed by atoms with van der Waals surface area (Å²) >= 11 is 6.94. The number of aliphatic hydroxyl groups excluding tert-OH is 1. The SMILES string of the molecule is OC[C@](Br)(CBr)CCc1ccccc1. The van der Waals surface area contributed by atoms with Gasteiger partial charge in [0.25, 0.3) is 0 Å². The Morgan fingerprint density at radius 3 is 2.36 bits per heavy atom. The lowest BCUT2D eigenvalue weighted by molar-refractivity contribution is 0.256. The Kier molecular flexibility index (Phi) is 5.13. The van der Waals surface area contributed by atoms with Gasteiger partial charge in [0.2, 0.25) is 0 Å². The van der Waals surface area contributed by atoms with Crippen LogP contribution in [0.3, 0.4) is 0 Å². The van der Waals surface area contributed by atoms with Crippen LogP contribution in [0, 0.1) is 0 Å². The van der Waals surface area contributed by atoms with Crippen molar-refractivity contribution in [3.05, 3.63) is 35.9 Å². The van der Waals surface area contributed by atoms with Crippen LogP contribution in [-0.4, -0.2) is 21.4 Å². The monoisotopic (exact) mass is 320 g/mol. The molecule has 1 N–H and O–H groups in total. The van der Waals surface area contributed by atoms with Gasteiger partial charge in [-0.15, -0.1) is 0 Å². The molecule has 0 aliphatic rings. The van der Waals surface area contributed by atoms with Gasteiger partial charge in [0.15, 0.2) is 0 Å². The second-order valence-corrected chi connectivity index (χ2v) is 5.67. The molecule has 0 saturated carbocycles. The molecule has 1 nitrogen and oxygen atoms in total. The molecule has 0 amide bonds. The van der Waals surface area contributed by atoms with Crippen LogP contribution in [0.4, 0.5) is 0 Å². The van der Waals surface area contributed by atoms with E-state index in [0.717, 1.165) is 18.2 Å². The molecule has 0 bridgehead atoms. The summed E-state index contributed by atoms with van der Waals surface area (Å²) in [4.78, 5) is 0. The van der Waals surface area contributed by atoms with Gasteiger partial charge in [-0.25, -0.2) is 0 Å². The quantitative estimate of drug-likeness (QED) is 0.826. The van der Waals surface area contributed by atoms with Crippen LogP contribution in [0.15, 0.2) is 30.3 Å². The van der Waals surface area contributed by atoms with Crippen LogP contribution in [0.2, 0.25) is 0 Å². The van der Waals surface area contributed by atoms with Gasteiger partial charge in [-0.2, -0.15) is 0 Å². The summed E-state index contributed by atoms with van der Waals surface area (Å²) in [6.45, 7) is 0.158. The lowest BCUT2D eigenvalue weighted by atomic mass is 10.0. The molecule has 0 aliphatic heterocycles. The van der Waals surface area contributed by atoms with Crippen molar-refractivity contribution in [2.45, 2.75) is 17.2 Å². The van der Waals surface area contributed by atoms with Crippen LogP contribution < -0.4 is 0 Å². The minimum Gasteiger partial charge on any atom is -0.395 e. The van der Waals surface area contributed by atoms with E-state index >= 15 is 0 Å². The Labute approximate surface area is 102 Å². The predicted octanol–water partition coefficient (Wildman–Crippen LogP) is 3.14. The first-order chi connectivity index (χ1) is 6.70. The second-order valence-electron chi connectivity index (χ2n) is 3.43. The van der Waals surface area contributed by atoms with Crippen molar-refractivity contribution in [2.75, 3.05) is 11.9 Å². The third kappa shape index (κ3) is 3.71. The lowest BCUT2D eigenvalue weighted by Crippen LogP contribution is -2.28. The average molecular weight is 322 g/mol. The molecular weight excluding hydrogens is 308 g/mol. The summed E-state index contributed by atoms with van der Waals surface area (Å²) in [5.74, 6) is 0. The molecule has 1 aromatic rings. The van der Waals surface area contributed by atoms with Gasteiger partial charge in [-0.05, 0) is 18.4 Å². The highest BCUT2D eigenvalue weighted by Crippen LogP contribution is 2.26. The van der Waals surface area contributed by atoms with Crippen LogP contribution in [0.5, 0.6) is 0 Å². The third-order valence-corrected chi connectivity index (χ3v) is 4.98. The molecular formula is C11H14Br2O. The van der Waals surface area contributed by atoms with Gasteiger partial charge in [0.05, 0.1) is 10.9 Å². The van der Waals surface area contributed by atoms with Crippen LogP contribution in [0.25, 0.3) is 0 Å². The Morgan fingerprint density at radius 1 is 1.21 bits per heavy atom. The fourth-order valence-electron chi connectivity index (χ4n) is 1.20. The number of benzene rings is 1. The normalized spacial score (nSPS) is 15.1. The fraction of sp³-hybridized carbons (Fsp3) is 0.455. The van der Waals surface area contributed by atoms with Crippen molar-refractivity contribution in [1.82, 2.24) is 0 Å². The van der Waals surface area contributed by atoms with E-state index in [2.05, 4.69) is 44.0 Å². The van der Waals surface area contributed by atoms with Gasteiger partial charge < -0.3 is 5.11 Å². The summed E-state index contributed by atoms with van der Waals surface area (Å²) in [6.07, 6.45) is 1.91. The molecule has 3 heteroatoms. The Hall–Kier alpha value is 0.140. The van der Waals surface area contributed by atoms with Crippen molar-refractivity contribution in [1.29, 1.82) is 0 Å². The zero-order chi connectivity index (χ0) is 10.4. The zero-order valence-corrected chi connectivity index (χ0v) is 11.1. The summed E-state index contributed by atoms with van der Waals surface area (Å²) < 4.78 is -0.178. The first-order valence-electron chi connectivity index (χ1n) is 4.60. The Bertz CT molecular complexity index is 257. The molecule has 0 aliphatic carbocycles. The smallest absolute Gasteiger partial charge is 0.0592 e. The first-order valence-corrected chi connectivity index (χ1v) is 6.51. The lowest BCUT2D eigenvalue weighted by Gasteiger charge is -2.22. The molecule has 1 atom stereocenters. The van der Waals surface area contributed by atoms with E-state index in [1.165, 1.54) is 5.56 Å². The van der Waals surface area contributed by atoms with E-state index < -0.39 is 0 Å². The standard InChI is InChI=1S/C11H14Br2O/c12-8-11(13,9-14)7-6-10-4-2-1-3-5-10/h1-5,14H,6-9H2/t11-/m1/s1. The number of rotatable bonds is 5. The number of halogens is 2. The van der Waals surface area contributed by atoms with Crippen molar-refractivity contribution in [3.8, 4) is 0 Å². The maximum Gasteiger partial charge on any atom is 0.0592 e. The summed E-state index contributed by atoms with van der Waals surface area (Å²) in [6, 6.07) is 10.3. The van der Waals surface area contributed by atoms with Crippen molar-refractivity contribution < 1.29 is 5.11 Å². The number of aliphatic hydroxyl groups is 1. The highest BCUT2D eigenvalue weighted by Gasteiger charge is 2.23. The summed E-state index contributed by atoms with van der Waals surface area (Å²) in [7, 11) is 0. The van der Waals surface area contributed by atoms with E-state index in [1.54, 1.807) is 0 Å². The topological polar surface area (TPSA) is 20.2 Å². The number of hydrogen-bond donors (Lipinski definition) is 1. The van der Waals surface area contributed by atoms with E-state index in [-0.39, 0.29) is 10.9 Å². The molecule has 0 radical (unpaired) electrons. The van der Waals surface area contributed by atoms with E-state index in [0.29, 0.717) is 0 Å². The highest BCUT2D eigenvalue weighted by atomic mass is 79.9. The highest BCUT2D eigenvalue weighted by molar-refractivity contribution is 9.12. The maximum absolute atomic E-state index is 9.19. The molecule has 14 heavy (non-hydrogen) atoms. The number of aryl methyl sites for hydroxylation is 1.